The van der Waals surface area contributed by atoms with Crippen LogP contribution in [0, 0.1) is 0 Å². The van der Waals surface area contributed by atoms with Gasteiger partial charge in [-0.15, -0.1) is 0 Å². The highest BCUT2D eigenvalue weighted by Gasteiger charge is 2.23. The normalized spacial score (nSPS) is 22.5. The predicted molar refractivity (Wildman–Crippen MR) is 61.8 cm³/mol. The molecular weight excluding hydrogens is 186 g/mol. The molecule has 2 rings (SSSR count). The summed E-state index contributed by atoms with van der Waals surface area (Å²) in [5.41, 5.74) is 7.11. The predicted octanol–water partition coefficient (Wildman–Crippen LogP) is 2.06. The lowest BCUT2D eigenvalue weighted by atomic mass is 9.93. The molecule has 1 aromatic rings. The Morgan fingerprint density at radius 3 is 3.13 bits per heavy atom. The molecule has 0 saturated heterocycles. The van der Waals surface area contributed by atoms with E-state index in [1.54, 1.807) is 0 Å². The van der Waals surface area contributed by atoms with Gasteiger partial charge in [0, 0.05) is 24.7 Å². The second-order valence-corrected chi connectivity index (χ2v) is 4.69. The Morgan fingerprint density at radius 1 is 1.67 bits per heavy atom. The molecule has 2 N–H and O–H groups in total. The fourth-order valence-electron chi connectivity index (χ4n) is 2.47. The molecule has 0 aliphatic carbocycles. The van der Waals surface area contributed by atoms with Crippen molar-refractivity contribution < 1.29 is 0 Å². The zero-order valence-electron chi connectivity index (χ0n) is 9.74. The number of imidazole rings is 1. The lowest BCUT2D eigenvalue weighted by molar-refractivity contribution is 0.406. The average Bonchev–Trinajstić information content (AvgIpc) is 2.61. The van der Waals surface area contributed by atoms with Crippen LogP contribution in [0.15, 0.2) is 6.20 Å². The lowest BCUT2D eigenvalue weighted by Crippen LogP contribution is -2.23. The van der Waals surface area contributed by atoms with Gasteiger partial charge in [-0.2, -0.15) is 0 Å². The second-order valence-electron chi connectivity index (χ2n) is 4.69. The van der Waals surface area contributed by atoms with Crippen molar-refractivity contribution >= 4 is 0 Å². The highest BCUT2D eigenvalue weighted by Crippen LogP contribution is 2.30. The van der Waals surface area contributed by atoms with Crippen molar-refractivity contribution in [1.82, 2.24) is 9.55 Å². The summed E-state index contributed by atoms with van der Waals surface area (Å²) in [7, 11) is 0. The SMILES string of the molecule is CCc1cn2c(n1)C(CC(C)N)CCC2. The molecule has 1 aliphatic heterocycles. The zero-order valence-corrected chi connectivity index (χ0v) is 9.74. The van der Waals surface area contributed by atoms with Gasteiger partial charge in [-0.25, -0.2) is 4.98 Å². The Labute approximate surface area is 91.7 Å². The minimum atomic E-state index is 0.281. The molecule has 0 fully saturated rings. The van der Waals surface area contributed by atoms with Crippen molar-refractivity contribution in [3.8, 4) is 0 Å². The van der Waals surface area contributed by atoms with Crippen LogP contribution < -0.4 is 5.73 Å². The monoisotopic (exact) mass is 207 g/mol. The van der Waals surface area contributed by atoms with E-state index in [1.165, 1.54) is 24.4 Å². The number of fused-ring (bicyclic) bond motifs is 1. The van der Waals surface area contributed by atoms with Gasteiger partial charge in [0.2, 0.25) is 0 Å². The molecule has 3 heteroatoms. The van der Waals surface area contributed by atoms with Gasteiger partial charge in [-0.05, 0) is 32.6 Å². The topological polar surface area (TPSA) is 43.8 Å². The molecule has 1 aromatic heterocycles. The largest absolute Gasteiger partial charge is 0.334 e. The van der Waals surface area contributed by atoms with E-state index in [9.17, 15) is 0 Å². The highest BCUT2D eigenvalue weighted by molar-refractivity contribution is 5.10. The van der Waals surface area contributed by atoms with Crippen molar-refractivity contribution in [2.45, 2.75) is 58.0 Å². The van der Waals surface area contributed by atoms with E-state index in [0.717, 1.165) is 19.4 Å². The molecule has 0 aromatic carbocycles. The van der Waals surface area contributed by atoms with E-state index in [4.69, 9.17) is 10.7 Å². The van der Waals surface area contributed by atoms with Crippen LogP contribution in [-0.2, 0) is 13.0 Å². The van der Waals surface area contributed by atoms with Crippen molar-refractivity contribution in [1.29, 1.82) is 0 Å². The van der Waals surface area contributed by atoms with Crippen LogP contribution in [-0.4, -0.2) is 15.6 Å². The lowest BCUT2D eigenvalue weighted by Gasteiger charge is -2.24. The molecule has 15 heavy (non-hydrogen) atoms. The number of nitrogens with two attached hydrogens (primary N) is 1. The summed E-state index contributed by atoms with van der Waals surface area (Å²) >= 11 is 0. The highest BCUT2D eigenvalue weighted by atomic mass is 15.1. The van der Waals surface area contributed by atoms with Gasteiger partial charge < -0.3 is 10.3 Å². The summed E-state index contributed by atoms with van der Waals surface area (Å²) in [6, 6.07) is 0.281. The van der Waals surface area contributed by atoms with E-state index in [-0.39, 0.29) is 6.04 Å². The number of nitrogens with zero attached hydrogens (tertiary/aromatic N) is 2. The molecule has 2 atom stereocenters. The number of hydrogen-bond donors (Lipinski definition) is 1. The summed E-state index contributed by atoms with van der Waals surface area (Å²) in [6.07, 6.45) is 6.83. The Morgan fingerprint density at radius 2 is 2.47 bits per heavy atom. The van der Waals surface area contributed by atoms with Crippen LogP contribution in [0.1, 0.15) is 50.5 Å². The summed E-state index contributed by atoms with van der Waals surface area (Å²) in [4.78, 5) is 4.71. The molecular formula is C12H21N3. The Balaban J connectivity index is 2.21. The standard InChI is InChI=1S/C12H21N3/c1-3-11-8-15-6-4-5-10(7-9(2)13)12(15)14-11/h8-10H,3-7,13H2,1-2H3. The minimum Gasteiger partial charge on any atom is -0.334 e. The third-order valence-corrected chi connectivity index (χ3v) is 3.19. The van der Waals surface area contributed by atoms with E-state index < -0.39 is 0 Å². The summed E-state index contributed by atoms with van der Waals surface area (Å²) in [6.45, 7) is 5.38. The van der Waals surface area contributed by atoms with E-state index >= 15 is 0 Å². The van der Waals surface area contributed by atoms with Crippen LogP contribution in [0.2, 0.25) is 0 Å². The summed E-state index contributed by atoms with van der Waals surface area (Å²) in [5.74, 6) is 1.86. The molecule has 0 amide bonds. The molecule has 0 spiro atoms. The van der Waals surface area contributed by atoms with E-state index in [1.807, 2.05) is 0 Å². The van der Waals surface area contributed by atoms with Crippen LogP contribution in [0.5, 0.6) is 0 Å². The zero-order chi connectivity index (χ0) is 10.8. The van der Waals surface area contributed by atoms with Gasteiger partial charge >= 0.3 is 0 Å². The molecule has 0 saturated carbocycles. The smallest absolute Gasteiger partial charge is 0.112 e. The fourth-order valence-corrected chi connectivity index (χ4v) is 2.47. The van der Waals surface area contributed by atoms with E-state index in [2.05, 4.69) is 24.6 Å². The Hall–Kier alpha value is -0.830. The van der Waals surface area contributed by atoms with Gasteiger partial charge in [-0.1, -0.05) is 6.92 Å². The minimum absolute atomic E-state index is 0.281. The molecule has 1 aliphatic rings. The fraction of sp³-hybridized carbons (Fsp3) is 0.750. The van der Waals surface area contributed by atoms with Crippen molar-refractivity contribution in [2.75, 3.05) is 0 Å². The quantitative estimate of drug-likeness (QED) is 0.824. The summed E-state index contributed by atoms with van der Waals surface area (Å²) in [5, 5.41) is 0. The molecule has 2 unspecified atom stereocenters. The van der Waals surface area contributed by atoms with E-state index in [0.29, 0.717) is 5.92 Å². The first-order valence-electron chi connectivity index (χ1n) is 6.02. The number of aryl methyl sites for hydroxylation is 2. The first kappa shape index (κ1) is 10.7. The van der Waals surface area contributed by atoms with Gasteiger partial charge in [-0.3, -0.25) is 0 Å². The van der Waals surface area contributed by atoms with Gasteiger partial charge in [0.15, 0.2) is 0 Å². The third-order valence-electron chi connectivity index (χ3n) is 3.19. The average molecular weight is 207 g/mol. The van der Waals surface area contributed by atoms with Gasteiger partial charge in [0.05, 0.1) is 5.69 Å². The maximum atomic E-state index is 5.88. The molecule has 3 nitrogen and oxygen atoms in total. The van der Waals surface area contributed by atoms with Crippen molar-refractivity contribution in [3.05, 3.63) is 17.7 Å². The molecule has 2 heterocycles. The van der Waals surface area contributed by atoms with Crippen molar-refractivity contribution in [2.24, 2.45) is 5.73 Å². The van der Waals surface area contributed by atoms with Crippen LogP contribution in [0.3, 0.4) is 0 Å². The Bertz CT molecular complexity index is 328. The Kier molecular flexibility index (Phi) is 3.10. The molecule has 0 bridgehead atoms. The third kappa shape index (κ3) is 2.23. The van der Waals surface area contributed by atoms with Gasteiger partial charge in [0.1, 0.15) is 5.82 Å². The van der Waals surface area contributed by atoms with Crippen LogP contribution >= 0.6 is 0 Å². The number of aromatic nitrogens is 2. The summed E-state index contributed by atoms with van der Waals surface area (Å²) < 4.78 is 2.33. The maximum absolute atomic E-state index is 5.88. The van der Waals surface area contributed by atoms with Crippen LogP contribution in [0.4, 0.5) is 0 Å². The number of hydrogen-bond acceptors (Lipinski definition) is 2. The first-order valence-corrected chi connectivity index (χ1v) is 6.02. The second kappa shape index (κ2) is 4.35. The molecule has 84 valence electrons. The molecule has 0 radical (unpaired) electrons. The first-order chi connectivity index (χ1) is 7.20. The number of rotatable bonds is 3. The van der Waals surface area contributed by atoms with Crippen LogP contribution in [0.25, 0.3) is 0 Å². The van der Waals surface area contributed by atoms with Gasteiger partial charge in [0.25, 0.3) is 0 Å². The maximum Gasteiger partial charge on any atom is 0.112 e. The van der Waals surface area contributed by atoms with Crippen molar-refractivity contribution in [3.63, 3.8) is 0 Å².